The van der Waals surface area contributed by atoms with E-state index in [1.54, 1.807) is 6.20 Å². The Kier molecular flexibility index (Phi) is 3.61. The smallest absolute Gasteiger partial charge is 0.285 e. The first-order valence-corrected chi connectivity index (χ1v) is 8.01. The number of hydrogen-bond acceptors (Lipinski definition) is 5. The summed E-state index contributed by atoms with van der Waals surface area (Å²) >= 11 is 6.17. The molecule has 0 spiro atoms. The number of H-pyrrole nitrogens is 1. The number of aromatic amines is 1. The summed E-state index contributed by atoms with van der Waals surface area (Å²) in [5, 5.41) is 6.42. The molecule has 0 saturated carbocycles. The number of rotatable bonds is 2. The van der Waals surface area contributed by atoms with E-state index < -0.39 is 0 Å². The van der Waals surface area contributed by atoms with Crippen LogP contribution in [0.3, 0.4) is 0 Å². The van der Waals surface area contributed by atoms with E-state index in [-0.39, 0.29) is 16.6 Å². The number of halogens is 1. The zero-order valence-corrected chi connectivity index (χ0v) is 13.2. The molecule has 1 fully saturated rings. The monoisotopic (exact) mass is 333 g/mol. The fraction of sp³-hybridized carbons (Fsp3) is 0.375. The molecule has 1 aromatic heterocycles. The summed E-state index contributed by atoms with van der Waals surface area (Å²) in [6, 6.07) is 6.15. The van der Waals surface area contributed by atoms with Crippen LogP contribution in [0.1, 0.15) is 24.4 Å². The minimum absolute atomic E-state index is 0.145. The number of hydrogen-bond donors (Lipinski definition) is 1. The molecule has 0 radical (unpaired) electrons. The third-order valence-corrected chi connectivity index (χ3v) is 4.66. The lowest BCUT2D eigenvalue weighted by Gasteiger charge is -2.28. The second-order valence-electron chi connectivity index (χ2n) is 5.65. The third kappa shape index (κ3) is 2.53. The van der Waals surface area contributed by atoms with Crippen LogP contribution in [0.4, 0.5) is 5.69 Å². The van der Waals surface area contributed by atoms with Gasteiger partial charge in [-0.15, -0.1) is 0 Å². The van der Waals surface area contributed by atoms with Gasteiger partial charge in [0.2, 0.25) is 0 Å². The van der Waals surface area contributed by atoms with Crippen molar-refractivity contribution >= 4 is 17.3 Å². The second kappa shape index (κ2) is 5.77. The Bertz CT molecular complexity index is 792. The van der Waals surface area contributed by atoms with Crippen LogP contribution in [0.5, 0.6) is 11.5 Å². The minimum Gasteiger partial charge on any atom is -0.486 e. The topological polar surface area (TPSA) is 67.5 Å². The van der Waals surface area contributed by atoms with E-state index in [4.69, 9.17) is 21.1 Å². The van der Waals surface area contributed by atoms with E-state index in [1.165, 1.54) is 0 Å². The van der Waals surface area contributed by atoms with Gasteiger partial charge in [-0.25, -0.2) is 5.10 Å². The van der Waals surface area contributed by atoms with Crippen LogP contribution in [-0.4, -0.2) is 30.0 Å². The van der Waals surface area contributed by atoms with E-state index in [9.17, 15) is 4.79 Å². The van der Waals surface area contributed by atoms with Gasteiger partial charge >= 0.3 is 0 Å². The maximum atomic E-state index is 11.7. The fourth-order valence-corrected chi connectivity index (χ4v) is 3.44. The Morgan fingerprint density at radius 2 is 2.09 bits per heavy atom. The van der Waals surface area contributed by atoms with Gasteiger partial charge in [0.25, 0.3) is 5.56 Å². The van der Waals surface area contributed by atoms with E-state index in [2.05, 4.69) is 15.1 Å². The summed E-state index contributed by atoms with van der Waals surface area (Å²) in [4.78, 5) is 13.9. The average molecular weight is 334 g/mol. The number of benzene rings is 1. The standard InChI is InChI=1S/C16H16ClN3O3/c17-15-12(9-18-19-16(15)21)20-5-1-2-11(20)10-3-4-13-14(8-10)23-7-6-22-13/h3-4,8-9,11H,1-2,5-7H2,(H,19,21). The van der Waals surface area contributed by atoms with Crippen LogP contribution < -0.4 is 19.9 Å². The highest BCUT2D eigenvalue weighted by Gasteiger charge is 2.29. The van der Waals surface area contributed by atoms with Gasteiger partial charge in [0.05, 0.1) is 17.9 Å². The molecule has 0 amide bonds. The van der Waals surface area contributed by atoms with Gasteiger partial charge in [-0.05, 0) is 30.5 Å². The maximum Gasteiger partial charge on any atom is 0.285 e. The largest absolute Gasteiger partial charge is 0.486 e. The van der Waals surface area contributed by atoms with Gasteiger partial charge in [0, 0.05) is 6.54 Å². The van der Waals surface area contributed by atoms with Gasteiger partial charge in [0.1, 0.15) is 18.2 Å². The first kappa shape index (κ1) is 14.4. The molecule has 2 aliphatic rings. The molecule has 1 N–H and O–H groups in total. The van der Waals surface area contributed by atoms with Crippen molar-refractivity contribution in [1.29, 1.82) is 0 Å². The molecule has 7 heteroatoms. The third-order valence-electron chi connectivity index (χ3n) is 4.29. The molecule has 1 unspecified atom stereocenters. The lowest BCUT2D eigenvalue weighted by Crippen LogP contribution is -2.25. The van der Waals surface area contributed by atoms with Crippen molar-refractivity contribution in [3.63, 3.8) is 0 Å². The highest BCUT2D eigenvalue weighted by atomic mass is 35.5. The van der Waals surface area contributed by atoms with Crippen molar-refractivity contribution in [3.8, 4) is 11.5 Å². The number of ether oxygens (including phenoxy) is 2. The summed E-state index contributed by atoms with van der Waals surface area (Å²) in [5.74, 6) is 1.55. The molecular weight excluding hydrogens is 318 g/mol. The van der Waals surface area contributed by atoms with Crippen molar-refractivity contribution in [2.45, 2.75) is 18.9 Å². The van der Waals surface area contributed by atoms with E-state index in [0.29, 0.717) is 18.9 Å². The van der Waals surface area contributed by atoms with Gasteiger partial charge in [-0.1, -0.05) is 17.7 Å². The summed E-state index contributed by atoms with van der Waals surface area (Å²) in [7, 11) is 0. The Morgan fingerprint density at radius 3 is 2.96 bits per heavy atom. The van der Waals surface area contributed by atoms with Crippen LogP contribution in [0.15, 0.2) is 29.2 Å². The molecular formula is C16H16ClN3O3. The van der Waals surface area contributed by atoms with Crippen LogP contribution in [0.2, 0.25) is 5.02 Å². The van der Waals surface area contributed by atoms with Gasteiger partial charge in [-0.3, -0.25) is 4.79 Å². The summed E-state index contributed by atoms with van der Waals surface area (Å²) in [5.41, 5.74) is 1.44. The number of aromatic nitrogens is 2. The Hall–Kier alpha value is -2.21. The Balaban J connectivity index is 1.70. The maximum absolute atomic E-state index is 11.7. The van der Waals surface area contributed by atoms with Crippen LogP contribution in [0, 0.1) is 0 Å². The quantitative estimate of drug-likeness (QED) is 0.914. The average Bonchev–Trinajstić information content (AvgIpc) is 3.06. The summed E-state index contributed by atoms with van der Waals surface area (Å²) in [6.07, 6.45) is 3.63. The lowest BCUT2D eigenvalue weighted by molar-refractivity contribution is 0.171. The summed E-state index contributed by atoms with van der Waals surface area (Å²) in [6.45, 7) is 1.98. The number of nitrogens with one attached hydrogen (secondary N) is 1. The molecule has 2 aliphatic heterocycles. The number of anilines is 1. The van der Waals surface area contributed by atoms with Crippen LogP contribution >= 0.6 is 11.6 Å². The van der Waals surface area contributed by atoms with Crippen molar-refractivity contribution in [1.82, 2.24) is 10.2 Å². The van der Waals surface area contributed by atoms with Crippen LogP contribution in [-0.2, 0) is 0 Å². The zero-order chi connectivity index (χ0) is 15.8. The summed E-state index contributed by atoms with van der Waals surface area (Å²) < 4.78 is 11.2. The molecule has 1 aromatic carbocycles. The predicted octanol–water partition coefficient (Wildman–Crippen LogP) is 2.54. The van der Waals surface area contributed by atoms with E-state index in [1.807, 2.05) is 18.2 Å². The molecule has 0 aliphatic carbocycles. The van der Waals surface area contributed by atoms with Crippen molar-refractivity contribution in [2.75, 3.05) is 24.7 Å². The fourth-order valence-electron chi connectivity index (χ4n) is 3.24. The van der Waals surface area contributed by atoms with Gasteiger partial charge in [0.15, 0.2) is 11.5 Å². The first-order chi connectivity index (χ1) is 11.2. The molecule has 1 saturated heterocycles. The molecule has 6 nitrogen and oxygen atoms in total. The molecule has 4 rings (SSSR count). The number of fused-ring (bicyclic) bond motifs is 1. The molecule has 120 valence electrons. The Morgan fingerprint density at radius 1 is 1.26 bits per heavy atom. The molecule has 23 heavy (non-hydrogen) atoms. The van der Waals surface area contributed by atoms with Gasteiger partial charge in [-0.2, -0.15) is 5.10 Å². The van der Waals surface area contributed by atoms with E-state index >= 15 is 0 Å². The highest BCUT2D eigenvalue weighted by Crippen LogP contribution is 2.41. The highest BCUT2D eigenvalue weighted by molar-refractivity contribution is 6.33. The normalized spacial score (nSPS) is 19.9. The molecule has 3 heterocycles. The van der Waals surface area contributed by atoms with Crippen molar-refractivity contribution in [2.24, 2.45) is 0 Å². The Labute approximate surface area is 138 Å². The molecule has 0 bridgehead atoms. The van der Waals surface area contributed by atoms with Gasteiger partial charge < -0.3 is 14.4 Å². The molecule has 2 aromatic rings. The van der Waals surface area contributed by atoms with Crippen molar-refractivity contribution < 1.29 is 9.47 Å². The van der Waals surface area contributed by atoms with Crippen LogP contribution in [0.25, 0.3) is 0 Å². The molecule has 1 atom stereocenters. The predicted molar refractivity (Wildman–Crippen MR) is 86.6 cm³/mol. The van der Waals surface area contributed by atoms with E-state index in [0.717, 1.165) is 36.4 Å². The second-order valence-corrected chi connectivity index (χ2v) is 6.03. The zero-order valence-electron chi connectivity index (χ0n) is 12.4. The SMILES string of the molecule is O=c1[nH]ncc(N2CCCC2c2ccc3c(c2)OCCO3)c1Cl. The van der Waals surface area contributed by atoms with Crippen molar-refractivity contribution in [3.05, 3.63) is 45.3 Å². The lowest BCUT2D eigenvalue weighted by atomic mass is 10.0. The first-order valence-electron chi connectivity index (χ1n) is 7.63. The minimum atomic E-state index is -0.364. The number of nitrogens with zero attached hydrogens (tertiary/aromatic N) is 2.